The summed E-state index contributed by atoms with van der Waals surface area (Å²) >= 11 is 0. The number of hydrogen-bond acceptors (Lipinski definition) is 3. The molecule has 21 heavy (non-hydrogen) atoms. The third-order valence-electron chi connectivity index (χ3n) is 3.88. The minimum absolute atomic E-state index is 0.657. The lowest BCUT2D eigenvalue weighted by Crippen LogP contribution is -2.30. The minimum Gasteiger partial charge on any atom is -0.494 e. The highest BCUT2D eigenvalue weighted by Crippen LogP contribution is 2.27. The summed E-state index contributed by atoms with van der Waals surface area (Å²) in [6.07, 6.45) is 5.05. The van der Waals surface area contributed by atoms with E-state index in [1.165, 1.54) is 25.8 Å². The molecule has 1 aromatic carbocycles. The van der Waals surface area contributed by atoms with Crippen LogP contribution in [0.25, 0.3) is 0 Å². The average molecular weight is 286 g/mol. The molecule has 0 saturated heterocycles. The average Bonchev–Trinajstić information content (AvgIpc) is 3.31. The van der Waals surface area contributed by atoms with Crippen LogP contribution in [0.15, 0.2) is 24.3 Å². The van der Waals surface area contributed by atoms with Crippen molar-refractivity contribution in [1.82, 2.24) is 4.90 Å². The van der Waals surface area contributed by atoms with Gasteiger partial charge in [-0.1, -0.05) is 19.9 Å². The lowest BCUT2D eigenvalue weighted by molar-refractivity contribution is 0.217. The summed E-state index contributed by atoms with van der Waals surface area (Å²) in [6.45, 7) is 7.63. The number of hydrogen-bond donors (Lipinski definition) is 0. The molecule has 3 nitrogen and oxygen atoms in total. The molecule has 0 spiro atoms. The Morgan fingerprint density at radius 2 is 2.14 bits per heavy atom. The maximum atomic E-state index is 8.87. The molecule has 3 heteroatoms. The molecule has 0 heterocycles. The first-order valence-electron chi connectivity index (χ1n) is 8.06. The first-order valence-corrected chi connectivity index (χ1v) is 8.06. The lowest BCUT2D eigenvalue weighted by atomic mass is 10.1. The molecule has 1 aliphatic carbocycles. The largest absolute Gasteiger partial charge is 0.494 e. The molecule has 1 fully saturated rings. The van der Waals surface area contributed by atoms with Crippen molar-refractivity contribution in [1.29, 1.82) is 5.26 Å². The van der Waals surface area contributed by atoms with Crippen LogP contribution in [0.2, 0.25) is 0 Å². The van der Waals surface area contributed by atoms with Crippen molar-refractivity contribution in [3.05, 3.63) is 29.8 Å². The molecular formula is C18H26N2O. The Kier molecular flexibility index (Phi) is 6.07. The van der Waals surface area contributed by atoms with Gasteiger partial charge in [-0.2, -0.15) is 5.26 Å². The third-order valence-corrected chi connectivity index (χ3v) is 3.88. The summed E-state index contributed by atoms with van der Waals surface area (Å²) in [4.78, 5) is 2.62. The van der Waals surface area contributed by atoms with Crippen molar-refractivity contribution < 1.29 is 4.74 Å². The van der Waals surface area contributed by atoms with Crippen LogP contribution in [0.4, 0.5) is 0 Å². The van der Waals surface area contributed by atoms with Gasteiger partial charge in [0, 0.05) is 12.6 Å². The Labute approximate surface area is 128 Å². The zero-order chi connectivity index (χ0) is 15.1. The second-order valence-electron chi connectivity index (χ2n) is 6.29. The van der Waals surface area contributed by atoms with Gasteiger partial charge in [-0.3, -0.25) is 0 Å². The van der Waals surface area contributed by atoms with Gasteiger partial charge < -0.3 is 9.64 Å². The summed E-state index contributed by atoms with van der Waals surface area (Å²) < 4.78 is 5.75. The summed E-state index contributed by atoms with van der Waals surface area (Å²) in [6, 6.07) is 10.3. The van der Waals surface area contributed by atoms with Gasteiger partial charge in [0.2, 0.25) is 0 Å². The summed E-state index contributed by atoms with van der Waals surface area (Å²) in [5, 5.41) is 8.87. The SMILES string of the molecule is CC(C)CCN(CCCOc1cccc(C#N)c1)C1CC1. The van der Waals surface area contributed by atoms with E-state index in [0.29, 0.717) is 5.56 Å². The Balaban J connectivity index is 1.68. The number of nitrogens with zero attached hydrogens (tertiary/aromatic N) is 2. The molecule has 0 atom stereocenters. The predicted molar refractivity (Wildman–Crippen MR) is 85.3 cm³/mol. The maximum absolute atomic E-state index is 8.87. The van der Waals surface area contributed by atoms with Crippen LogP contribution in [-0.4, -0.2) is 30.6 Å². The molecule has 1 saturated carbocycles. The van der Waals surface area contributed by atoms with Crippen molar-refractivity contribution in [3.63, 3.8) is 0 Å². The Hall–Kier alpha value is -1.53. The molecule has 0 amide bonds. The standard InChI is InChI=1S/C18H26N2O/c1-15(2)9-11-20(17-7-8-17)10-4-12-21-18-6-3-5-16(13-18)14-19/h3,5-6,13,15,17H,4,7-12H2,1-2H3. The van der Waals surface area contributed by atoms with Crippen LogP contribution in [0, 0.1) is 17.2 Å². The quantitative estimate of drug-likeness (QED) is 0.647. The van der Waals surface area contributed by atoms with Crippen molar-refractivity contribution in [2.75, 3.05) is 19.7 Å². The molecule has 1 aromatic rings. The van der Waals surface area contributed by atoms with Gasteiger partial charge in [0.25, 0.3) is 0 Å². The van der Waals surface area contributed by atoms with E-state index in [9.17, 15) is 0 Å². The van der Waals surface area contributed by atoms with Crippen molar-refractivity contribution >= 4 is 0 Å². The summed E-state index contributed by atoms with van der Waals surface area (Å²) in [5.74, 6) is 1.57. The van der Waals surface area contributed by atoms with Crippen LogP contribution in [0.3, 0.4) is 0 Å². The summed E-state index contributed by atoms with van der Waals surface area (Å²) in [7, 11) is 0. The number of nitriles is 1. The molecule has 114 valence electrons. The molecule has 0 bridgehead atoms. The predicted octanol–water partition coefficient (Wildman–Crippen LogP) is 3.84. The topological polar surface area (TPSA) is 36.3 Å². The van der Waals surface area contributed by atoms with Crippen LogP contribution in [0.5, 0.6) is 5.75 Å². The second kappa shape index (κ2) is 8.05. The zero-order valence-electron chi connectivity index (χ0n) is 13.2. The van der Waals surface area contributed by atoms with E-state index < -0.39 is 0 Å². The molecule has 0 radical (unpaired) electrons. The fourth-order valence-electron chi connectivity index (χ4n) is 2.45. The molecule has 0 aromatic heterocycles. The van der Waals surface area contributed by atoms with E-state index in [0.717, 1.165) is 37.3 Å². The van der Waals surface area contributed by atoms with Gasteiger partial charge in [-0.25, -0.2) is 0 Å². The minimum atomic E-state index is 0.657. The van der Waals surface area contributed by atoms with E-state index in [4.69, 9.17) is 10.00 Å². The van der Waals surface area contributed by atoms with Gasteiger partial charge in [-0.05, 0) is 56.3 Å². The molecule has 1 aliphatic rings. The van der Waals surface area contributed by atoms with Crippen LogP contribution >= 0.6 is 0 Å². The van der Waals surface area contributed by atoms with Gasteiger partial charge in [0.1, 0.15) is 5.75 Å². The first-order chi connectivity index (χ1) is 10.2. The first kappa shape index (κ1) is 15.9. The number of rotatable bonds is 9. The number of benzene rings is 1. The van der Waals surface area contributed by atoms with Gasteiger partial charge in [-0.15, -0.1) is 0 Å². The van der Waals surface area contributed by atoms with E-state index in [1.807, 2.05) is 12.1 Å². The normalized spacial score (nSPS) is 14.4. The van der Waals surface area contributed by atoms with E-state index in [1.54, 1.807) is 12.1 Å². The third kappa shape index (κ3) is 5.77. The van der Waals surface area contributed by atoms with Gasteiger partial charge in [0.15, 0.2) is 0 Å². The van der Waals surface area contributed by atoms with Crippen molar-refractivity contribution in [2.24, 2.45) is 5.92 Å². The number of ether oxygens (including phenoxy) is 1. The van der Waals surface area contributed by atoms with Gasteiger partial charge >= 0.3 is 0 Å². The molecular weight excluding hydrogens is 260 g/mol. The van der Waals surface area contributed by atoms with E-state index in [2.05, 4.69) is 24.8 Å². The Morgan fingerprint density at radius 1 is 1.33 bits per heavy atom. The molecule has 0 unspecified atom stereocenters. The fourth-order valence-corrected chi connectivity index (χ4v) is 2.45. The molecule has 2 rings (SSSR count). The van der Waals surface area contributed by atoms with Crippen LogP contribution in [0.1, 0.15) is 45.1 Å². The smallest absolute Gasteiger partial charge is 0.120 e. The fraction of sp³-hybridized carbons (Fsp3) is 0.611. The zero-order valence-corrected chi connectivity index (χ0v) is 13.2. The van der Waals surface area contributed by atoms with Crippen molar-refractivity contribution in [2.45, 2.75) is 45.6 Å². The second-order valence-corrected chi connectivity index (χ2v) is 6.29. The lowest BCUT2D eigenvalue weighted by Gasteiger charge is -2.22. The maximum Gasteiger partial charge on any atom is 0.120 e. The summed E-state index contributed by atoms with van der Waals surface area (Å²) in [5.41, 5.74) is 0.657. The Morgan fingerprint density at radius 3 is 2.81 bits per heavy atom. The van der Waals surface area contributed by atoms with Gasteiger partial charge in [0.05, 0.1) is 18.2 Å². The Bertz CT molecular complexity index is 474. The van der Waals surface area contributed by atoms with Crippen LogP contribution in [-0.2, 0) is 0 Å². The van der Waals surface area contributed by atoms with E-state index in [-0.39, 0.29) is 0 Å². The molecule has 0 aliphatic heterocycles. The highest BCUT2D eigenvalue weighted by atomic mass is 16.5. The van der Waals surface area contributed by atoms with Crippen molar-refractivity contribution in [3.8, 4) is 11.8 Å². The van der Waals surface area contributed by atoms with E-state index >= 15 is 0 Å². The highest BCUT2D eigenvalue weighted by molar-refractivity contribution is 5.36. The molecule has 0 N–H and O–H groups in total. The highest BCUT2D eigenvalue weighted by Gasteiger charge is 2.28. The van der Waals surface area contributed by atoms with Crippen LogP contribution < -0.4 is 4.74 Å². The monoisotopic (exact) mass is 286 g/mol.